The van der Waals surface area contributed by atoms with Gasteiger partial charge in [0, 0.05) is 33.0 Å². The van der Waals surface area contributed by atoms with Crippen molar-refractivity contribution in [3.05, 3.63) is 4.91 Å². The molecule has 0 aliphatic carbocycles. The molecular formula is C11H17NO6. The quantitative estimate of drug-likeness (QED) is 0.563. The summed E-state index contributed by atoms with van der Waals surface area (Å²) in [6.45, 7) is 1.87. The Morgan fingerprint density at radius 2 is 2.06 bits per heavy atom. The molecule has 1 heterocycles. The zero-order valence-corrected chi connectivity index (χ0v) is 10.3. The predicted molar refractivity (Wildman–Crippen MR) is 61.0 cm³/mol. The number of nitrogens with zero attached hydrogens (tertiary/aromatic N) is 1. The fourth-order valence-corrected chi connectivity index (χ4v) is 2.17. The van der Waals surface area contributed by atoms with Crippen molar-refractivity contribution < 1.29 is 24.2 Å². The normalized spacial score (nSPS) is 19.8. The first kappa shape index (κ1) is 14.6. The van der Waals surface area contributed by atoms with Crippen LogP contribution in [0.2, 0.25) is 0 Å². The van der Waals surface area contributed by atoms with Gasteiger partial charge in [0.15, 0.2) is 0 Å². The second kappa shape index (κ2) is 6.44. The van der Waals surface area contributed by atoms with Crippen LogP contribution in [-0.2, 0) is 19.1 Å². The number of carboxylic acids is 1. The third-order valence-corrected chi connectivity index (χ3v) is 3.20. The van der Waals surface area contributed by atoms with Crippen LogP contribution in [-0.4, -0.2) is 42.4 Å². The van der Waals surface area contributed by atoms with Crippen LogP contribution in [0, 0.1) is 10.8 Å². The number of hydrogen-bond donors (Lipinski definition) is 1. The van der Waals surface area contributed by atoms with Crippen molar-refractivity contribution in [1.29, 1.82) is 0 Å². The number of carbonyl (C=O) groups excluding carboxylic acids is 1. The van der Waals surface area contributed by atoms with Crippen molar-refractivity contribution in [2.24, 2.45) is 11.1 Å². The summed E-state index contributed by atoms with van der Waals surface area (Å²) in [5.41, 5.74) is -1.15. The molecule has 7 heteroatoms. The molecule has 0 aromatic heterocycles. The number of carboxylic acid groups (broad SMARTS) is 1. The Hall–Kier alpha value is -1.50. The molecule has 1 N–H and O–H groups in total. The minimum Gasteiger partial charge on any atom is -0.481 e. The summed E-state index contributed by atoms with van der Waals surface area (Å²) in [6.07, 6.45) is 0.654. The van der Waals surface area contributed by atoms with E-state index in [1.54, 1.807) is 0 Å². The lowest BCUT2D eigenvalue weighted by Crippen LogP contribution is -2.45. The number of aliphatic carboxylic acids is 1. The van der Waals surface area contributed by atoms with Crippen molar-refractivity contribution in [3.63, 3.8) is 0 Å². The third kappa shape index (κ3) is 3.49. The molecule has 0 bridgehead atoms. The molecule has 0 saturated carbocycles. The van der Waals surface area contributed by atoms with Crippen LogP contribution < -0.4 is 0 Å². The fourth-order valence-electron chi connectivity index (χ4n) is 2.17. The van der Waals surface area contributed by atoms with Gasteiger partial charge in [0.1, 0.15) is 5.54 Å². The number of hydrogen-bond acceptors (Lipinski definition) is 6. The SMILES string of the molecule is CC(=O)OCCC(C(=O)O)C1(N=O)CCOCC1. The molecule has 1 saturated heterocycles. The van der Waals surface area contributed by atoms with Crippen molar-refractivity contribution in [3.8, 4) is 0 Å². The van der Waals surface area contributed by atoms with Gasteiger partial charge in [-0.25, -0.2) is 0 Å². The Morgan fingerprint density at radius 3 is 2.50 bits per heavy atom. The van der Waals surface area contributed by atoms with Crippen molar-refractivity contribution in [2.75, 3.05) is 19.8 Å². The number of nitroso groups, excluding NO2 is 1. The smallest absolute Gasteiger partial charge is 0.309 e. The van der Waals surface area contributed by atoms with Gasteiger partial charge in [-0.2, -0.15) is 4.91 Å². The summed E-state index contributed by atoms with van der Waals surface area (Å²) in [7, 11) is 0. The van der Waals surface area contributed by atoms with E-state index in [2.05, 4.69) is 5.18 Å². The Bertz CT molecular complexity index is 323. The summed E-state index contributed by atoms with van der Waals surface area (Å²) in [5, 5.41) is 12.3. The maximum atomic E-state index is 11.3. The molecule has 1 fully saturated rings. The topological polar surface area (TPSA) is 102 Å². The standard InChI is InChI=1S/C11H17NO6/c1-8(13)18-5-2-9(10(14)15)11(12-16)3-6-17-7-4-11/h9H,2-7H2,1H3,(H,14,15). The number of carbonyl (C=O) groups is 2. The molecule has 1 rings (SSSR count). The summed E-state index contributed by atoms with van der Waals surface area (Å²) in [4.78, 5) is 33.0. The largest absolute Gasteiger partial charge is 0.481 e. The molecule has 0 radical (unpaired) electrons. The Labute approximate surface area is 104 Å². The van der Waals surface area contributed by atoms with Gasteiger partial charge < -0.3 is 14.6 Å². The molecule has 102 valence electrons. The molecule has 0 aromatic carbocycles. The second-order valence-electron chi connectivity index (χ2n) is 4.33. The number of esters is 1. The highest BCUT2D eigenvalue weighted by atomic mass is 16.5. The first-order valence-electron chi connectivity index (χ1n) is 5.80. The van der Waals surface area contributed by atoms with Gasteiger partial charge in [0.05, 0.1) is 12.5 Å². The second-order valence-corrected chi connectivity index (χ2v) is 4.33. The number of rotatable bonds is 6. The lowest BCUT2D eigenvalue weighted by Gasteiger charge is -2.35. The molecular weight excluding hydrogens is 242 g/mol. The molecule has 1 aliphatic rings. The zero-order valence-electron chi connectivity index (χ0n) is 10.3. The predicted octanol–water partition coefficient (Wildman–Crippen LogP) is 0.956. The summed E-state index contributed by atoms with van der Waals surface area (Å²) >= 11 is 0. The lowest BCUT2D eigenvalue weighted by atomic mass is 9.77. The van der Waals surface area contributed by atoms with Crippen LogP contribution in [0.1, 0.15) is 26.2 Å². The van der Waals surface area contributed by atoms with E-state index in [9.17, 15) is 19.6 Å². The Morgan fingerprint density at radius 1 is 1.44 bits per heavy atom. The van der Waals surface area contributed by atoms with Gasteiger partial charge in [0.25, 0.3) is 0 Å². The van der Waals surface area contributed by atoms with Crippen LogP contribution in [0.3, 0.4) is 0 Å². The van der Waals surface area contributed by atoms with Crippen molar-refractivity contribution >= 4 is 11.9 Å². The van der Waals surface area contributed by atoms with E-state index >= 15 is 0 Å². The van der Waals surface area contributed by atoms with E-state index in [1.165, 1.54) is 6.92 Å². The molecule has 0 amide bonds. The van der Waals surface area contributed by atoms with Gasteiger partial charge in [-0.05, 0) is 6.42 Å². The van der Waals surface area contributed by atoms with Gasteiger partial charge in [0.2, 0.25) is 0 Å². The minimum atomic E-state index is -1.15. The highest BCUT2D eigenvalue weighted by molar-refractivity contribution is 5.72. The fraction of sp³-hybridized carbons (Fsp3) is 0.818. The lowest BCUT2D eigenvalue weighted by molar-refractivity contribution is -0.150. The van der Waals surface area contributed by atoms with Gasteiger partial charge in [-0.3, -0.25) is 9.59 Å². The van der Waals surface area contributed by atoms with E-state index in [-0.39, 0.29) is 25.9 Å². The van der Waals surface area contributed by atoms with E-state index in [4.69, 9.17) is 9.47 Å². The summed E-state index contributed by atoms with van der Waals surface area (Å²) in [6, 6.07) is 0. The van der Waals surface area contributed by atoms with Crippen LogP contribution in [0.5, 0.6) is 0 Å². The van der Waals surface area contributed by atoms with Crippen LogP contribution >= 0.6 is 0 Å². The monoisotopic (exact) mass is 259 g/mol. The van der Waals surface area contributed by atoms with Crippen LogP contribution in [0.15, 0.2) is 5.18 Å². The molecule has 18 heavy (non-hydrogen) atoms. The molecule has 7 nitrogen and oxygen atoms in total. The van der Waals surface area contributed by atoms with Crippen molar-refractivity contribution in [2.45, 2.75) is 31.7 Å². The third-order valence-electron chi connectivity index (χ3n) is 3.20. The molecule has 0 aromatic rings. The Kier molecular flexibility index (Phi) is 5.21. The molecule has 0 spiro atoms. The first-order valence-corrected chi connectivity index (χ1v) is 5.80. The van der Waals surface area contributed by atoms with E-state index in [1.807, 2.05) is 0 Å². The van der Waals surface area contributed by atoms with E-state index in [0.717, 1.165) is 0 Å². The molecule has 1 atom stereocenters. The van der Waals surface area contributed by atoms with Crippen LogP contribution in [0.4, 0.5) is 0 Å². The van der Waals surface area contributed by atoms with E-state index < -0.39 is 23.4 Å². The average molecular weight is 259 g/mol. The maximum Gasteiger partial charge on any atom is 0.309 e. The molecule has 1 aliphatic heterocycles. The van der Waals surface area contributed by atoms with Crippen LogP contribution in [0.25, 0.3) is 0 Å². The number of ether oxygens (including phenoxy) is 2. The average Bonchev–Trinajstić information content (AvgIpc) is 2.34. The molecule has 1 unspecified atom stereocenters. The summed E-state index contributed by atoms with van der Waals surface area (Å²) in [5.74, 6) is -2.51. The highest BCUT2D eigenvalue weighted by Gasteiger charge is 2.46. The highest BCUT2D eigenvalue weighted by Crippen LogP contribution is 2.35. The van der Waals surface area contributed by atoms with Crippen molar-refractivity contribution in [1.82, 2.24) is 0 Å². The summed E-state index contributed by atoms with van der Waals surface area (Å²) < 4.78 is 9.85. The van der Waals surface area contributed by atoms with Gasteiger partial charge in [-0.1, -0.05) is 5.18 Å². The van der Waals surface area contributed by atoms with Gasteiger partial charge >= 0.3 is 11.9 Å². The first-order chi connectivity index (χ1) is 8.52. The minimum absolute atomic E-state index is 0.0234. The van der Waals surface area contributed by atoms with Gasteiger partial charge in [-0.15, -0.1) is 0 Å². The maximum absolute atomic E-state index is 11.3. The Balaban J connectivity index is 2.71. The zero-order chi connectivity index (χ0) is 13.6. The van der Waals surface area contributed by atoms with E-state index in [0.29, 0.717) is 13.2 Å².